The second-order valence-corrected chi connectivity index (χ2v) is 5.80. The molecule has 0 heterocycles. The van der Waals surface area contributed by atoms with Crippen molar-refractivity contribution in [2.45, 2.75) is 13.8 Å². The van der Waals surface area contributed by atoms with E-state index in [0.29, 0.717) is 24.5 Å². The Labute approximate surface area is 148 Å². The highest BCUT2D eigenvalue weighted by atomic mass is 16.5. The number of carbonyl (C=O) groups excluding carboxylic acids is 2. The quantitative estimate of drug-likeness (QED) is 0.692. The topological polar surface area (TPSA) is 55.8 Å². The molecule has 0 aliphatic rings. The van der Waals surface area contributed by atoms with Gasteiger partial charge in [-0.1, -0.05) is 30.3 Å². The van der Waals surface area contributed by atoms with E-state index in [0.717, 1.165) is 11.3 Å². The third kappa shape index (κ3) is 5.64. The molecule has 0 aromatic heterocycles. The van der Waals surface area contributed by atoms with E-state index < -0.39 is 0 Å². The molecule has 5 nitrogen and oxygen atoms in total. The van der Waals surface area contributed by atoms with Crippen molar-refractivity contribution in [1.29, 1.82) is 0 Å². The van der Waals surface area contributed by atoms with Crippen LogP contribution in [-0.4, -0.2) is 43.4 Å². The van der Waals surface area contributed by atoms with Crippen LogP contribution in [0.2, 0.25) is 0 Å². The summed E-state index contributed by atoms with van der Waals surface area (Å²) in [6, 6.07) is 14.6. The minimum atomic E-state index is -0.151. The molecular formula is C20H23NO4. The van der Waals surface area contributed by atoms with Gasteiger partial charge < -0.3 is 14.4 Å². The smallest absolute Gasteiger partial charge is 0.260 e. The minimum Gasteiger partial charge on any atom is -0.491 e. The zero-order chi connectivity index (χ0) is 18.2. The summed E-state index contributed by atoms with van der Waals surface area (Å²) in [5.74, 6) is 1.13. The molecule has 0 saturated carbocycles. The predicted octanol–water partition coefficient (Wildman–Crippen LogP) is 3.11. The zero-order valence-electron chi connectivity index (χ0n) is 14.8. The molecule has 0 spiro atoms. The van der Waals surface area contributed by atoms with Gasteiger partial charge in [-0.15, -0.1) is 0 Å². The highest BCUT2D eigenvalue weighted by molar-refractivity contribution is 5.94. The Bertz CT molecular complexity index is 742. The maximum absolute atomic E-state index is 12.1. The first-order valence-corrected chi connectivity index (χ1v) is 8.13. The Balaban J connectivity index is 1.77. The number of nitrogens with zero attached hydrogens (tertiary/aromatic N) is 1. The molecule has 1 amide bonds. The third-order valence-corrected chi connectivity index (χ3v) is 3.81. The van der Waals surface area contributed by atoms with E-state index in [2.05, 4.69) is 0 Å². The van der Waals surface area contributed by atoms with E-state index in [1.54, 1.807) is 36.2 Å². The monoisotopic (exact) mass is 341 g/mol. The van der Waals surface area contributed by atoms with Gasteiger partial charge in [0, 0.05) is 12.6 Å². The van der Waals surface area contributed by atoms with Crippen LogP contribution < -0.4 is 9.47 Å². The average Bonchev–Trinajstić information content (AvgIpc) is 2.61. The van der Waals surface area contributed by atoms with Gasteiger partial charge in [0.15, 0.2) is 12.4 Å². The zero-order valence-corrected chi connectivity index (χ0v) is 14.8. The fourth-order valence-corrected chi connectivity index (χ4v) is 2.20. The number of amides is 1. The van der Waals surface area contributed by atoms with Crippen LogP contribution in [0.5, 0.6) is 11.5 Å². The van der Waals surface area contributed by atoms with Gasteiger partial charge >= 0.3 is 0 Å². The first-order valence-electron chi connectivity index (χ1n) is 8.13. The molecule has 0 radical (unpaired) electrons. The first kappa shape index (κ1) is 18.5. The second kappa shape index (κ2) is 8.87. The normalized spacial score (nSPS) is 10.2. The van der Waals surface area contributed by atoms with Crippen molar-refractivity contribution in [2.24, 2.45) is 0 Å². The molecule has 0 saturated heterocycles. The van der Waals surface area contributed by atoms with Crippen LogP contribution in [0.1, 0.15) is 22.8 Å². The number of hydrogen-bond donors (Lipinski definition) is 0. The van der Waals surface area contributed by atoms with Gasteiger partial charge in [-0.3, -0.25) is 9.59 Å². The van der Waals surface area contributed by atoms with Gasteiger partial charge in [-0.05, 0) is 37.6 Å². The summed E-state index contributed by atoms with van der Waals surface area (Å²) in [6.07, 6.45) is 0. The predicted molar refractivity (Wildman–Crippen MR) is 96.3 cm³/mol. The maximum Gasteiger partial charge on any atom is 0.260 e. The summed E-state index contributed by atoms with van der Waals surface area (Å²) < 4.78 is 11.2. The molecule has 2 aromatic carbocycles. The van der Waals surface area contributed by atoms with Crippen molar-refractivity contribution in [3.63, 3.8) is 0 Å². The van der Waals surface area contributed by atoms with E-state index >= 15 is 0 Å². The van der Waals surface area contributed by atoms with E-state index in [4.69, 9.17) is 9.47 Å². The molecule has 25 heavy (non-hydrogen) atoms. The summed E-state index contributed by atoms with van der Waals surface area (Å²) in [5, 5.41) is 0. The molecule has 132 valence electrons. The van der Waals surface area contributed by atoms with Gasteiger partial charge in [0.05, 0.1) is 6.54 Å². The molecule has 0 bridgehead atoms. The van der Waals surface area contributed by atoms with Crippen LogP contribution >= 0.6 is 0 Å². The molecule has 0 N–H and O–H groups in total. The summed E-state index contributed by atoms with van der Waals surface area (Å²) in [4.78, 5) is 25.0. The van der Waals surface area contributed by atoms with Crippen LogP contribution in [-0.2, 0) is 4.79 Å². The molecule has 0 aliphatic carbocycles. The Kier molecular flexibility index (Phi) is 6.57. The standard InChI is InChI=1S/C20H23NO4/c1-15-7-4-5-10-19(15)24-12-11-21(3)20(23)14-25-18-9-6-8-17(13-18)16(2)22/h4-10,13H,11-12,14H2,1-3H3. The van der Waals surface area contributed by atoms with Crippen molar-refractivity contribution < 1.29 is 19.1 Å². The number of para-hydroxylation sites is 1. The Morgan fingerprint density at radius 1 is 1.04 bits per heavy atom. The number of ether oxygens (including phenoxy) is 2. The van der Waals surface area contributed by atoms with E-state index in [9.17, 15) is 9.59 Å². The summed E-state index contributed by atoms with van der Waals surface area (Å²) >= 11 is 0. The minimum absolute atomic E-state index is 0.0396. The first-order chi connectivity index (χ1) is 12.0. The Morgan fingerprint density at radius 2 is 1.80 bits per heavy atom. The van der Waals surface area contributed by atoms with Crippen LogP contribution in [0.3, 0.4) is 0 Å². The van der Waals surface area contributed by atoms with Gasteiger partial charge in [0.25, 0.3) is 5.91 Å². The average molecular weight is 341 g/mol. The van der Waals surface area contributed by atoms with Crippen LogP contribution in [0.4, 0.5) is 0 Å². The fourth-order valence-electron chi connectivity index (χ4n) is 2.20. The molecule has 0 fully saturated rings. The number of benzene rings is 2. The van der Waals surface area contributed by atoms with Crippen molar-refractivity contribution in [3.05, 3.63) is 59.7 Å². The highest BCUT2D eigenvalue weighted by Crippen LogP contribution is 2.16. The van der Waals surface area contributed by atoms with E-state index in [1.807, 2.05) is 31.2 Å². The fraction of sp³-hybridized carbons (Fsp3) is 0.300. The summed E-state index contributed by atoms with van der Waals surface area (Å²) in [7, 11) is 1.71. The van der Waals surface area contributed by atoms with Crippen LogP contribution in [0, 0.1) is 6.92 Å². The lowest BCUT2D eigenvalue weighted by atomic mass is 10.1. The molecule has 0 aliphatic heterocycles. The molecule has 2 rings (SSSR count). The number of rotatable bonds is 8. The van der Waals surface area contributed by atoms with Crippen molar-refractivity contribution in [2.75, 3.05) is 26.8 Å². The number of Topliss-reactive ketones (excluding diaryl/α,β-unsaturated/α-hetero) is 1. The van der Waals surface area contributed by atoms with Crippen LogP contribution in [0.25, 0.3) is 0 Å². The van der Waals surface area contributed by atoms with Crippen LogP contribution in [0.15, 0.2) is 48.5 Å². The number of hydrogen-bond acceptors (Lipinski definition) is 4. The molecule has 5 heteroatoms. The van der Waals surface area contributed by atoms with Crippen molar-refractivity contribution in [1.82, 2.24) is 4.90 Å². The number of likely N-dealkylation sites (N-methyl/N-ethyl adjacent to an activating group) is 1. The third-order valence-electron chi connectivity index (χ3n) is 3.81. The van der Waals surface area contributed by atoms with E-state index in [-0.39, 0.29) is 18.3 Å². The second-order valence-electron chi connectivity index (χ2n) is 5.80. The Morgan fingerprint density at radius 3 is 2.52 bits per heavy atom. The largest absolute Gasteiger partial charge is 0.491 e. The lowest BCUT2D eigenvalue weighted by Gasteiger charge is -2.18. The van der Waals surface area contributed by atoms with E-state index in [1.165, 1.54) is 6.92 Å². The summed E-state index contributed by atoms with van der Waals surface area (Å²) in [5.41, 5.74) is 1.62. The lowest BCUT2D eigenvalue weighted by molar-refractivity contribution is -0.132. The maximum atomic E-state index is 12.1. The SMILES string of the molecule is CC(=O)c1cccc(OCC(=O)N(C)CCOc2ccccc2C)c1. The molecule has 2 aromatic rings. The number of carbonyl (C=O) groups is 2. The van der Waals surface area contributed by atoms with Crippen molar-refractivity contribution in [3.8, 4) is 11.5 Å². The van der Waals surface area contributed by atoms with Gasteiger partial charge in [-0.2, -0.15) is 0 Å². The highest BCUT2D eigenvalue weighted by Gasteiger charge is 2.10. The lowest BCUT2D eigenvalue weighted by Crippen LogP contribution is -2.34. The van der Waals surface area contributed by atoms with Crippen molar-refractivity contribution >= 4 is 11.7 Å². The van der Waals surface area contributed by atoms with Gasteiger partial charge in [-0.25, -0.2) is 0 Å². The molecule has 0 atom stereocenters. The Hall–Kier alpha value is -2.82. The molecule has 0 unspecified atom stereocenters. The number of ketones is 1. The molecular weight excluding hydrogens is 318 g/mol. The summed E-state index contributed by atoms with van der Waals surface area (Å²) in [6.45, 7) is 4.26. The van der Waals surface area contributed by atoms with Gasteiger partial charge in [0.1, 0.15) is 18.1 Å². The number of aryl methyl sites for hydroxylation is 1. The van der Waals surface area contributed by atoms with Gasteiger partial charge in [0.2, 0.25) is 0 Å².